The topological polar surface area (TPSA) is 83.1 Å². The van der Waals surface area contributed by atoms with Gasteiger partial charge in [0.05, 0.1) is 12.6 Å². The number of aromatic nitrogens is 3. The summed E-state index contributed by atoms with van der Waals surface area (Å²) >= 11 is 5.38. The molecule has 2 heterocycles. The Bertz CT molecular complexity index is 1320. The Morgan fingerprint density at radius 1 is 1.14 bits per heavy atom. The van der Waals surface area contributed by atoms with E-state index in [1.54, 1.807) is 19.1 Å². The van der Waals surface area contributed by atoms with E-state index in [0.29, 0.717) is 23.3 Å². The highest BCUT2D eigenvalue weighted by Gasteiger charge is 2.16. The molecule has 4 rings (SSSR count). The van der Waals surface area contributed by atoms with Crippen molar-refractivity contribution in [1.29, 1.82) is 0 Å². The SMILES string of the molecule is COc1ccc2[nH]c3c(=O)n(CC(=O)N(C)Cc4ccccc4)c(=S)[nH]c3c2c1. The molecule has 0 unspecified atom stereocenters. The summed E-state index contributed by atoms with van der Waals surface area (Å²) in [6, 6.07) is 15.2. The minimum atomic E-state index is -0.333. The number of carbonyl (C=O) groups is 1. The summed E-state index contributed by atoms with van der Waals surface area (Å²) in [5, 5.41) is 0.808. The molecule has 0 bridgehead atoms. The van der Waals surface area contributed by atoms with E-state index >= 15 is 0 Å². The highest BCUT2D eigenvalue weighted by atomic mass is 32.1. The maximum atomic E-state index is 13.0. The second kappa shape index (κ2) is 7.56. The van der Waals surface area contributed by atoms with Crippen LogP contribution in [0.5, 0.6) is 5.75 Å². The van der Waals surface area contributed by atoms with Crippen LogP contribution in [0, 0.1) is 4.77 Å². The van der Waals surface area contributed by atoms with Gasteiger partial charge in [0, 0.05) is 24.5 Å². The van der Waals surface area contributed by atoms with Crippen LogP contribution >= 0.6 is 12.2 Å². The summed E-state index contributed by atoms with van der Waals surface area (Å²) in [7, 11) is 3.30. The summed E-state index contributed by atoms with van der Waals surface area (Å²) < 4.78 is 6.75. The van der Waals surface area contributed by atoms with Crippen LogP contribution < -0.4 is 10.3 Å². The molecule has 7 nitrogen and oxygen atoms in total. The van der Waals surface area contributed by atoms with Crippen molar-refractivity contribution in [3.8, 4) is 5.75 Å². The zero-order chi connectivity index (χ0) is 20.5. The van der Waals surface area contributed by atoms with Crippen molar-refractivity contribution in [3.05, 3.63) is 69.2 Å². The van der Waals surface area contributed by atoms with Crippen molar-refractivity contribution < 1.29 is 9.53 Å². The predicted molar refractivity (Wildman–Crippen MR) is 115 cm³/mol. The smallest absolute Gasteiger partial charge is 0.279 e. The molecule has 8 heteroatoms. The number of nitrogens with one attached hydrogen (secondary N) is 2. The number of carbonyl (C=O) groups excluding carboxylic acids is 1. The summed E-state index contributed by atoms with van der Waals surface area (Å²) in [5.74, 6) is 0.479. The summed E-state index contributed by atoms with van der Waals surface area (Å²) in [6.45, 7) is 0.325. The maximum Gasteiger partial charge on any atom is 0.279 e. The van der Waals surface area contributed by atoms with Gasteiger partial charge in [-0.1, -0.05) is 30.3 Å². The fourth-order valence-electron chi connectivity index (χ4n) is 3.33. The lowest BCUT2D eigenvalue weighted by Gasteiger charge is -2.18. The standard InChI is InChI=1S/C21H20N4O3S/c1-24(11-13-6-4-3-5-7-13)17(26)12-25-20(27)19-18(23-21(25)29)15-10-14(28-2)8-9-16(15)22-19/h3-10,22H,11-12H2,1-2H3,(H,23,29). The van der Waals surface area contributed by atoms with Gasteiger partial charge in [0.15, 0.2) is 4.77 Å². The number of amides is 1. The van der Waals surface area contributed by atoms with E-state index in [1.165, 1.54) is 4.57 Å². The van der Waals surface area contributed by atoms with Gasteiger partial charge in [-0.3, -0.25) is 14.2 Å². The van der Waals surface area contributed by atoms with Crippen LogP contribution in [0.15, 0.2) is 53.3 Å². The maximum absolute atomic E-state index is 13.0. The molecule has 0 aliphatic rings. The van der Waals surface area contributed by atoms with Gasteiger partial charge in [-0.25, -0.2) is 0 Å². The summed E-state index contributed by atoms with van der Waals surface area (Å²) in [4.78, 5) is 33.5. The first-order valence-electron chi connectivity index (χ1n) is 9.08. The molecule has 4 aromatic rings. The predicted octanol–water partition coefficient (Wildman–Crippen LogP) is 3.21. The normalized spacial score (nSPS) is 11.1. The van der Waals surface area contributed by atoms with Crippen LogP contribution in [0.2, 0.25) is 0 Å². The number of likely N-dealkylation sites (N-methyl/N-ethyl adjacent to an activating group) is 1. The molecule has 0 spiro atoms. The molecule has 2 aromatic heterocycles. The van der Waals surface area contributed by atoms with Crippen LogP contribution in [-0.2, 0) is 17.9 Å². The van der Waals surface area contributed by atoms with E-state index in [4.69, 9.17) is 17.0 Å². The second-order valence-electron chi connectivity index (χ2n) is 6.84. The number of fused-ring (bicyclic) bond motifs is 3. The first-order valence-corrected chi connectivity index (χ1v) is 9.49. The molecule has 0 fully saturated rings. The van der Waals surface area contributed by atoms with E-state index in [-0.39, 0.29) is 22.8 Å². The Balaban J connectivity index is 1.69. The second-order valence-corrected chi connectivity index (χ2v) is 7.23. The number of ether oxygens (including phenoxy) is 1. The lowest BCUT2D eigenvalue weighted by atomic mass is 10.2. The van der Waals surface area contributed by atoms with Gasteiger partial charge in [-0.2, -0.15) is 0 Å². The third-order valence-electron chi connectivity index (χ3n) is 4.92. The zero-order valence-electron chi connectivity index (χ0n) is 16.1. The zero-order valence-corrected chi connectivity index (χ0v) is 16.9. The number of benzene rings is 2. The Hall–Kier alpha value is -3.39. The number of nitrogens with zero attached hydrogens (tertiary/aromatic N) is 2. The largest absolute Gasteiger partial charge is 0.497 e. The quantitative estimate of drug-likeness (QED) is 0.497. The first kappa shape index (κ1) is 18.9. The Morgan fingerprint density at radius 3 is 2.62 bits per heavy atom. The highest BCUT2D eigenvalue weighted by molar-refractivity contribution is 7.71. The van der Waals surface area contributed by atoms with Crippen molar-refractivity contribution in [2.45, 2.75) is 13.1 Å². The number of H-pyrrole nitrogens is 2. The Labute approximate surface area is 171 Å². The number of aromatic amines is 2. The van der Waals surface area contributed by atoms with E-state index in [1.807, 2.05) is 48.5 Å². The summed E-state index contributed by atoms with van der Waals surface area (Å²) in [6.07, 6.45) is 0. The van der Waals surface area contributed by atoms with Crippen LogP contribution in [-0.4, -0.2) is 39.5 Å². The van der Waals surface area contributed by atoms with Crippen LogP contribution in [0.4, 0.5) is 0 Å². The van der Waals surface area contributed by atoms with E-state index < -0.39 is 0 Å². The molecule has 2 aromatic carbocycles. The molecular formula is C21H20N4O3S. The fourth-order valence-corrected chi connectivity index (χ4v) is 3.58. The molecule has 0 aliphatic heterocycles. The van der Waals surface area contributed by atoms with Crippen molar-refractivity contribution in [1.82, 2.24) is 19.4 Å². The molecule has 148 valence electrons. The van der Waals surface area contributed by atoms with Crippen molar-refractivity contribution in [2.75, 3.05) is 14.2 Å². The third kappa shape index (κ3) is 3.54. The minimum Gasteiger partial charge on any atom is -0.497 e. The van der Waals surface area contributed by atoms with Crippen LogP contribution in [0.1, 0.15) is 5.56 Å². The average molecular weight is 408 g/mol. The molecule has 29 heavy (non-hydrogen) atoms. The van der Waals surface area contributed by atoms with Crippen molar-refractivity contribution in [3.63, 3.8) is 0 Å². The molecule has 1 amide bonds. The summed E-state index contributed by atoms with van der Waals surface area (Å²) in [5.41, 5.74) is 2.45. The van der Waals surface area contributed by atoms with Gasteiger partial charge in [-0.15, -0.1) is 0 Å². The van der Waals surface area contributed by atoms with Crippen molar-refractivity contribution >= 4 is 40.1 Å². The monoisotopic (exact) mass is 408 g/mol. The fraction of sp³-hybridized carbons (Fsp3) is 0.190. The third-order valence-corrected chi connectivity index (χ3v) is 5.25. The minimum absolute atomic E-state index is 0.133. The molecule has 0 saturated carbocycles. The molecule has 2 N–H and O–H groups in total. The number of hydrogen-bond donors (Lipinski definition) is 2. The lowest BCUT2D eigenvalue weighted by molar-refractivity contribution is -0.131. The Kier molecular flexibility index (Phi) is 4.94. The highest BCUT2D eigenvalue weighted by Crippen LogP contribution is 2.25. The van der Waals surface area contributed by atoms with Gasteiger partial charge in [0.2, 0.25) is 5.91 Å². The molecule has 0 atom stereocenters. The number of rotatable bonds is 5. The van der Waals surface area contributed by atoms with E-state index in [2.05, 4.69) is 9.97 Å². The van der Waals surface area contributed by atoms with Crippen LogP contribution in [0.3, 0.4) is 0 Å². The molecule has 0 radical (unpaired) electrons. The van der Waals surface area contributed by atoms with E-state index in [0.717, 1.165) is 16.5 Å². The van der Waals surface area contributed by atoms with Crippen molar-refractivity contribution in [2.24, 2.45) is 0 Å². The molecule has 0 saturated heterocycles. The first-order chi connectivity index (χ1) is 14.0. The van der Waals surface area contributed by atoms with Gasteiger partial charge < -0.3 is 19.6 Å². The van der Waals surface area contributed by atoms with Crippen LogP contribution in [0.25, 0.3) is 21.9 Å². The van der Waals surface area contributed by atoms with Gasteiger partial charge in [0.1, 0.15) is 17.8 Å². The van der Waals surface area contributed by atoms with E-state index in [9.17, 15) is 9.59 Å². The number of hydrogen-bond acceptors (Lipinski definition) is 4. The van der Waals surface area contributed by atoms with Gasteiger partial charge in [-0.05, 0) is 36.0 Å². The lowest BCUT2D eigenvalue weighted by Crippen LogP contribution is -2.34. The number of methoxy groups -OCH3 is 1. The average Bonchev–Trinajstić information content (AvgIpc) is 3.09. The van der Waals surface area contributed by atoms with Gasteiger partial charge in [0.25, 0.3) is 5.56 Å². The molecule has 0 aliphatic carbocycles. The van der Waals surface area contributed by atoms with Gasteiger partial charge >= 0.3 is 0 Å². The Morgan fingerprint density at radius 2 is 1.90 bits per heavy atom. The molecular weight excluding hydrogens is 388 g/mol.